The lowest BCUT2D eigenvalue weighted by atomic mass is 9.78. The number of nitrogens with one attached hydrogen (secondary N) is 1. The molecule has 0 aromatic heterocycles. The number of amides is 1. The van der Waals surface area contributed by atoms with Crippen LogP contribution in [0.15, 0.2) is 24.3 Å². The zero-order valence-electron chi connectivity index (χ0n) is 12.1. The number of benzene rings is 1. The van der Waals surface area contributed by atoms with Gasteiger partial charge in [-0.05, 0) is 44.0 Å². The highest BCUT2D eigenvalue weighted by Gasteiger charge is 2.31. The molecule has 0 heterocycles. The highest BCUT2D eigenvalue weighted by molar-refractivity contribution is 5.95. The van der Waals surface area contributed by atoms with Crippen LogP contribution in [-0.2, 0) is 9.59 Å². The van der Waals surface area contributed by atoms with Gasteiger partial charge in [0, 0.05) is 23.5 Å². The third-order valence-electron chi connectivity index (χ3n) is 3.84. The first-order valence-corrected chi connectivity index (χ1v) is 7.36. The standard InChI is InChI=1S/C16H21NO4/c1-2-21-12-9-7-11(8-10-12)17-15(18)13-5-3-4-6-14(13)16(19)20/h7-10,13-14H,2-6H2,1H3,(H,17,18)(H,19,20)/p-1. The number of carboxylic acids is 1. The summed E-state index contributed by atoms with van der Waals surface area (Å²) in [5.41, 5.74) is 0.645. The summed E-state index contributed by atoms with van der Waals surface area (Å²) in [6, 6.07) is 7.05. The molecule has 1 saturated carbocycles. The molecule has 2 atom stereocenters. The minimum absolute atomic E-state index is 0.243. The van der Waals surface area contributed by atoms with Gasteiger partial charge in [0.05, 0.1) is 6.61 Å². The summed E-state index contributed by atoms with van der Waals surface area (Å²) < 4.78 is 5.33. The minimum Gasteiger partial charge on any atom is -0.550 e. The summed E-state index contributed by atoms with van der Waals surface area (Å²) in [4.78, 5) is 23.4. The molecule has 0 aliphatic heterocycles. The Hall–Kier alpha value is -2.04. The van der Waals surface area contributed by atoms with Crippen LogP contribution in [0.1, 0.15) is 32.6 Å². The molecule has 1 N–H and O–H groups in total. The second-order valence-electron chi connectivity index (χ2n) is 5.26. The monoisotopic (exact) mass is 290 g/mol. The number of carbonyl (C=O) groups excluding carboxylic acids is 2. The molecule has 0 bridgehead atoms. The molecule has 114 valence electrons. The molecule has 2 unspecified atom stereocenters. The van der Waals surface area contributed by atoms with Crippen LogP contribution in [0.5, 0.6) is 5.75 Å². The van der Waals surface area contributed by atoms with Crippen LogP contribution in [0.2, 0.25) is 0 Å². The van der Waals surface area contributed by atoms with Gasteiger partial charge in [-0.2, -0.15) is 0 Å². The van der Waals surface area contributed by atoms with Crippen LogP contribution in [0.4, 0.5) is 5.69 Å². The number of rotatable bonds is 5. The van der Waals surface area contributed by atoms with E-state index in [1.807, 2.05) is 6.92 Å². The van der Waals surface area contributed by atoms with E-state index in [0.29, 0.717) is 25.1 Å². The number of anilines is 1. The van der Waals surface area contributed by atoms with Crippen LogP contribution in [0, 0.1) is 11.8 Å². The molecule has 0 spiro atoms. The number of aliphatic carboxylic acids is 1. The molecule has 1 aromatic rings. The highest BCUT2D eigenvalue weighted by Crippen LogP contribution is 2.30. The van der Waals surface area contributed by atoms with Crippen molar-refractivity contribution in [2.45, 2.75) is 32.6 Å². The van der Waals surface area contributed by atoms with Gasteiger partial charge in [0.2, 0.25) is 5.91 Å². The van der Waals surface area contributed by atoms with Crippen molar-refractivity contribution in [1.82, 2.24) is 0 Å². The molecule has 5 nitrogen and oxygen atoms in total. The lowest BCUT2D eigenvalue weighted by Crippen LogP contribution is -2.42. The fraction of sp³-hybridized carbons (Fsp3) is 0.500. The SMILES string of the molecule is CCOc1ccc(NC(=O)C2CCCCC2C(=O)[O-])cc1. The van der Waals surface area contributed by atoms with Crippen molar-refractivity contribution in [2.24, 2.45) is 11.8 Å². The molecule has 1 aliphatic rings. The zero-order valence-corrected chi connectivity index (χ0v) is 12.1. The normalized spacial score (nSPS) is 21.6. The number of hydrogen-bond acceptors (Lipinski definition) is 4. The summed E-state index contributed by atoms with van der Waals surface area (Å²) >= 11 is 0. The summed E-state index contributed by atoms with van der Waals surface area (Å²) in [7, 11) is 0. The van der Waals surface area contributed by atoms with Crippen LogP contribution in [0.3, 0.4) is 0 Å². The van der Waals surface area contributed by atoms with Gasteiger partial charge in [0.25, 0.3) is 0 Å². The van der Waals surface area contributed by atoms with Crippen molar-refractivity contribution in [3.8, 4) is 5.75 Å². The van der Waals surface area contributed by atoms with Gasteiger partial charge < -0.3 is 20.0 Å². The number of carboxylic acid groups (broad SMARTS) is 1. The topological polar surface area (TPSA) is 78.5 Å². The summed E-state index contributed by atoms with van der Waals surface area (Å²) in [6.45, 7) is 2.49. The van der Waals surface area contributed by atoms with E-state index in [9.17, 15) is 14.7 Å². The molecule has 1 aromatic carbocycles. The lowest BCUT2D eigenvalue weighted by Gasteiger charge is -2.31. The summed E-state index contributed by atoms with van der Waals surface area (Å²) in [5.74, 6) is -1.81. The predicted octanol–water partition coefficient (Wildman–Crippen LogP) is 1.58. The molecular weight excluding hydrogens is 270 g/mol. The van der Waals surface area contributed by atoms with Crippen molar-refractivity contribution in [1.29, 1.82) is 0 Å². The fourth-order valence-corrected chi connectivity index (χ4v) is 2.76. The molecule has 1 amide bonds. The predicted molar refractivity (Wildman–Crippen MR) is 76.7 cm³/mol. The average molecular weight is 290 g/mol. The van der Waals surface area contributed by atoms with E-state index >= 15 is 0 Å². The highest BCUT2D eigenvalue weighted by atomic mass is 16.5. The van der Waals surface area contributed by atoms with Gasteiger partial charge in [-0.3, -0.25) is 4.79 Å². The zero-order chi connectivity index (χ0) is 15.2. The summed E-state index contributed by atoms with van der Waals surface area (Å²) in [5, 5.41) is 13.9. The molecule has 5 heteroatoms. The van der Waals surface area contributed by atoms with E-state index in [1.165, 1.54) is 0 Å². The second-order valence-corrected chi connectivity index (χ2v) is 5.26. The van der Waals surface area contributed by atoms with Gasteiger partial charge in [-0.25, -0.2) is 0 Å². The third-order valence-corrected chi connectivity index (χ3v) is 3.84. The Kier molecular flexibility index (Phi) is 5.20. The summed E-state index contributed by atoms with van der Waals surface area (Å²) in [6.07, 6.45) is 2.84. The Bertz CT molecular complexity index is 498. The second kappa shape index (κ2) is 7.11. The van der Waals surface area contributed by atoms with Gasteiger partial charge in [0.15, 0.2) is 0 Å². The van der Waals surface area contributed by atoms with E-state index in [-0.39, 0.29) is 5.91 Å². The first-order valence-electron chi connectivity index (χ1n) is 7.36. The van der Waals surface area contributed by atoms with Crippen molar-refractivity contribution in [2.75, 3.05) is 11.9 Å². The molecule has 1 aliphatic carbocycles. The Labute approximate surface area is 124 Å². The van der Waals surface area contributed by atoms with Crippen molar-refractivity contribution in [3.63, 3.8) is 0 Å². The van der Waals surface area contributed by atoms with E-state index in [2.05, 4.69) is 5.32 Å². The Morgan fingerprint density at radius 3 is 2.38 bits per heavy atom. The molecule has 2 rings (SSSR count). The van der Waals surface area contributed by atoms with Crippen molar-refractivity contribution < 1.29 is 19.4 Å². The Balaban J connectivity index is 2.00. The van der Waals surface area contributed by atoms with Crippen LogP contribution < -0.4 is 15.2 Å². The molecular formula is C16H20NO4-. The molecule has 1 fully saturated rings. The van der Waals surface area contributed by atoms with E-state index in [0.717, 1.165) is 18.6 Å². The third kappa shape index (κ3) is 3.97. The molecule has 0 saturated heterocycles. The van der Waals surface area contributed by atoms with Gasteiger partial charge in [-0.15, -0.1) is 0 Å². The smallest absolute Gasteiger partial charge is 0.228 e. The number of hydrogen-bond donors (Lipinski definition) is 1. The van der Waals surface area contributed by atoms with Crippen molar-refractivity contribution in [3.05, 3.63) is 24.3 Å². The quantitative estimate of drug-likeness (QED) is 0.893. The maximum absolute atomic E-state index is 12.3. The van der Waals surface area contributed by atoms with E-state index < -0.39 is 17.8 Å². The minimum atomic E-state index is -1.12. The van der Waals surface area contributed by atoms with Gasteiger partial charge in [-0.1, -0.05) is 12.8 Å². The molecule has 0 radical (unpaired) electrons. The van der Waals surface area contributed by atoms with Crippen molar-refractivity contribution >= 4 is 17.6 Å². The molecule has 21 heavy (non-hydrogen) atoms. The largest absolute Gasteiger partial charge is 0.550 e. The number of ether oxygens (including phenoxy) is 1. The maximum atomic E-state index is 12.3. The first kappa shape index (κ1) is 15.4. The Morgan fingerprint density at radius 1 is 1.19 bits per heavy atom. The lowest BCUT2D eigenvalue weighted by molar-refractivity contribution is -0.313. The fourth-order valence-electron chi connectivity index (χ4n) is 2.76. The Morgan fingerprint density at radius 2 is 1.81 bits per heavy atom. The maximum Gasteiger partial charge on any atom is 0.228 e. The first-order chi connectivity index (χ1) is 10.1. The van der Waals surface area contributed by atoms with Crippen LogP contribution >= 0.6 is 0 Å². The van der Waals surface area contributed by atoms with Crippen LogP contribution in [-0.4, -0.2) is 18.5 Å². The van der Waals surface area contributed by atoms with E-state index in [4.69, 9.17) is 4.74 Å². The van der Waals surface area contributed by atoms with Crippen LogP contribution in [0.25, 0.3) is 0 Å². The number of carbonyl (C=O) groups is 2. The van der Waals surface area contributed by atoms with E-state index in [1.54, 1.807) is 24.3 Å². The van der Waals surface area contributed by atoms with Gasteiger partial charge >= 0.3 is 0 Å². The van der Waals surface area contributed by atoms with Gasteiger partial charge in [0.1, 0.15) is 5.75 Å². The average Bonchev–Trinajstić information content (AvgIpc) is 2.49.